The lowest BCUT2D eigenvalue weighted by Gasteiger charge is -1.91. The maximum Gasteiger partial charge on any atom is 0.143 e. The summed E-state index contributed by atoms with van der Waals surface area (Å²) >= 11 is 1.45. The molecule has 0 saturated carbocycles. The molecule has 0 aliphatic rings. The van der Waals surface area contributed by atoms with Gasteiger partial charge in [-0.2, -0.15) is 0 Å². The van der Waals surface area contributed by atoms with E-state index in [1.54, 1.807) is 12.3 Å². The van der Waals surface area contributed by atoms with Gasteiger partial charge in [-0.25, -0.2) is 9.37 Å². The van der Waals surface area contributed by atoms with E-state index in [9.17, 15) is 4.39 Å². The zero-order valence-corrected chi connectivity index (χ0v) is 9.04. The normalized spacial score (nSPS) is 10.8. The number of halogens is 1. The first-order valence-electron chi connectivity index (χ1n) is 4.80. The molecule has 0 atom stereocenters. The van der Waals surface area contributed by atoms with Gasteiger partial charge in [-0.05, 0) is 30.3 Å². The van der Waals surface area contributed by atoms with Gasteiger partial charge < -0.3 is 0 Å². The summed E-state index contributed by atoms with van der Waals surface area (Å²) in [5, 5.41) is 0.821. The van der Waals surface area contributed by atoms with Crippen molar-refractivity contribution in [1.29, 1.82) is 0 Å². The molecule has 3 rings (SSSR count). The number of rotatable bonds is 1. The van der Waals surface area contributed by atoms with Crippen molar-refractivity contribution in [2.24, 2.45) is 0 Å². The molecule has 0 saturated heterocycles. The van der Waals surface area contributed by atoms with E-state index >= 15 is 0 Å². The molecule has 2 heterocycles. The Morgan fingerprint density at radius 3 is 2.88 bits per heavy atom. The smallest absolute Gasteiger partial charge is 0.143 e. The number of hydrogen-bond donors (Lipinski definition) is 0. The fourth-order valence-corrected chi connectivity index (χ4v) is 2.46. The first-order chi connectivity index (χ1) is 7.83. The minimum absolute atomic E-state index is 0.233. The molecular formula is C12H7FN2S. The maximum absolute atomic E-state index is 13.0. The SMILES string of the molecule is Fc1ccc2nc(-c3ccccn3)sc2c1. The number of fused-ring (bicyclic) bond motifs is 1. The second kappa shape index (κ2) is 3.64. The highest BCUT2D eigenvalue weighted by atomic mass is 32.1. The standard InChI is InChI=1S/C12H7FN2S/c13-8-4-5-9-11(7-8)16-12(15-9)10-3-1-2-6-14-10/h1-7H. The Balaban J connectivity index is 2.19. The van der Waals surface area contributed by atoms with Crippen LogP contribution in [0, 0.1) is 5.82 Å². The number of thiazole rings is 1. The highest BCUT2D eigenvalue weighted by Gasteiger charge is 2.07. The summed E-state index contributed by atoms with van der Waals surface area (Å²) in [6.45, 7) is 0. The van der Waals surface area contributed by atoms with Crippen LogP contribution in [0.3, 0.4) is 0 Å². The summed E-state index contributed by atoms with van der Waals surface area (Å²) in [6.07, 6.45) is 1.72. The van der Waals surface area contributed by atoms with Crippen molar-refractivity contribution >= 4 is 21.6 Å². The minimum atomic E-state index is -0.233. The number of hydrogen-bond acceptors (Lipinski definition) is 3. The Labute approximate surface area is 95.4 Å². The lowest BCUT2D eigenvalue weighted by molar-refractivity contribution is 0.630. The first-order valence-corrected chi connectivity index (χ1v) is 5.62. The van der Waals surface area contributed by atoms with E-state index in [1.807, 2.05) is 18.2 Å². The van der Waals surface area contributed by atoms with Crippen molar-refractivity contribution < 1.29 is 4.39 Å². The van der Waals surface area contributed by atoms with E-state index in [4.69, 9.17) is 0 Å². The molecule has 0 fully saturated rings. The first kappa shape index (κ1) is 9.42. The van der Waals surface area contributed by atoms with Crippen molar-refractivity contribution in [2.45, 2.75) is 0 Å². The molecule has 0 aliphatic carbocycles. The molecule has 2 aromatic heterocycles. The molecule has 2 nitrogen and oxygen atoms in total. The predicted octanol–water partition coefficient (Wildman–Crippen LogP) is 3.50. The fourth-order valence-electron chi connectivity index (χ4n) is 1.50. The largest absolute Gasteiger partial charge is 0.254 e. The van der Waals surface area contributed by atoms with Gasteiger partial charge in [0, 0.05) is 6.20 Å². The zero-order chi connectivity index (χ0) is 11.0. The molecule has 0 aliphatic heterocycles. The van der Waals surface area contributed by atoms with Crippen LogP contribution in [0.25, 0.3) is 20.9 Å². The molecular weight excluding hydrogens is 223 g/mol. The van der Waals surface area contributed by atoms with Crippen LogP contribution in [0.15, 0.2) is 42.6 Å². The molecule has 0 N–H and O–H groups in total. The van der Waals surface area contributed by atoms with Crippen LogP contribution in [0.1, 0.15) is 0 Å². The van der Waals surface area contributed by atoms with Crippen molar-refractivity contribution in [2.75, 3.05) is 0 Å². The second-order valence-electron chi connectivity index (χ2n) is 3.35. The van der Waals surface area contributed by atoms with Crippen molar-refractivity contribution in [3.05, 3.63) is 48.4 Å². The molecule has 0 spiro atoms. The van der Waals surface area contributed by atoms with Crippen LogP contribution in [-0.4, -0.2) is 9.97 Å². The molecule has 0 radical (unpaired) electrons. The number of pyridine rings is 1. The molecule has 0 amide bonds. The average molecular weight is 230 g/mol. The van der Waals surface area contributed by atoms with Gasteiger partial charge in [0.2, 0.25) is 0 Å². The summed E-state index contributed by atoms with van der Waals surface area (Å²) in [6, 6.07) is 10.3. The number of nitrogens with zero attached hydrogens (tertiary/aromatic N) is 2. The number of benzene rings is 1. The average Bonchev–Trinajstić information content (AvgIpc) is 2.73. The van der Waals surface area contributed by atoms with E-state index in [0.29, 0.717) is 0 Å². The predicted molar refractivity (Wildman–Crippen MR) is 62.8 cm³/mol. The van der Waals surface area contributed by atoms with Gasteiger partial charge in [0.1, 0.15) is 10.8 Å². The summed E-state index contributed by atoms with van der Waals surface area (Å²) in [4.78, 5) is 8.63. The Morgan fingerprint density at radius 2 is 2.06 bits per heavy atom. The Hall–Kier alpha value is -1.81. The molecule has 0 unspecified atom stereocenters. The van der Waals surface area contributed by atoms with Gasteiger partial charge in [0.05, 0.1) is 15.9 Å². The molecule has 4 heteroatoms. The van der Waals surface area contributed by atoms with Crippen molar-refractivity contribution in [1.82, 2.24) is 9.97 Å². The van der Waals surface area contributed by atoms with E-state index in [2.05, 4.69) is 9.97 Å². The Morgan fingerprint density at radius 1 is 1.12 bits per heavy atom. The van der Waals surface area contributed by atoms with Crippen molar-refractivity contribution in [3.8, 4) is 10.7 Å². The van der Waals surface area contributed by atoms with Gasteiger partial charge in [-0.15, -0.1) is 11.3 Å². The van der Waals surface area contributed by atoms with Gasteiger partial charge in [0.25, 0.3) is 0 Å². The Kier molecular flexibility index (Phi) is 2.15. The summed E-state index contributed by atoms with van der Waals surface area (Å²) in [7, 11) is 0. The van der Waals surface area contributed by atoms with E-state index in [1.165, 1.54) is 23.5 Å². The third kappa shape index (κ3) is 1.57. The minimum Gasteiger partial charge on any atom is -0.254 e. The van der Waals surface area contributed by atoms with Gasteiger partial charge >= 0.3 is 0 Å². The Bertz CT molecular complexity index is 634. The topological polar surface area (TPSA) is 25.8 Å². The monoisotopic (exact) mass is 230 g/mol. The van der Waals surface area contributed by atoms with E-state index in [0.717, 1.165) is 20.9 Å². The third-order valence-electron chi connectivity index (χ3n) is 2.23. The molecule has 78 valence electrons. The molecule has 16 heavy (non-hydrogen) atoms. The fraction of sp³-hybridized carbons (Fsp3) is 0. The van der Waals surface area contributed by atoms with Gasteiger partial charge in [0.15, 0.2) is 0 Å². The third-order valence-corrected chi connectivity index (χ3v) is 3.28. The lowest BCUT2D eigenvalue weighted by atomic mass is 10.3. The van der Waals surface area contributed by atoms with Crippen LogP contribution in [0.5, 0.6) is 0 Å². The van der Waals surface area contributed by atoms with Crippen LogP contribution in [0.4, 0.5) is 4.39 Å². The van der Waals surface area contributed by atoms with Crippen LogP contribution in [-0.2, 0) is 0 Å². The highest BCUT2D eigenvalue weighted by molar-refractivity contribution is 7.21. The summed E-state index contributed by atoms with van der Waals surface area (Å²) in [5.74, 6) is -0.233. The molecule has 3 aromatic rings. The van der Waals surface area contributed by atoms with E-state index < -0.39 is 0 Å². The second-order valence-corrected chi connectivity index (χ2v) is 4.38. The van der Waals surface area contributed by atoms with Gasteiger partial charge in [-0.3, -0.25) is 4.98 Å². The van der Waals surface area contributed by atoms with E-state index in [-0.39, 0.29) is 5.82 Å². The van der Waals surface area contributed by atoms with Crippen LogP contribution < -0.4 is 0 Å². The maximum atomic E-state index is 13.0. The van der Waals surface area contributed by atoms with Crippen molar-refractivity contribution in [3.63, 3.8) is 0 Å². The summed E-state index contributed by atoms with van der Waals surface area (Å²) < 4.78 is 13.9. The highest BCUT2D eigenvalue weighted by Crippen LogP contribution is 2.28. The quantitative estimate of drug-likeness (QED) is 0.639. The zero-order valence-electron chi connectivity index (χ0n) is 8.22. The van der Waals surface area contributed by atoms with Gasteiger partial charge in [-0.1, -0.05) is 6.07 Å². The molecule has 0 bridgehead atoms. The van der Waals surface area contributed by atoms with Crippen LogP contribution >= 0.6 is 11.3 Å². The molecule has 1 aromatic carbocycles. The number of aromatic nitrogens is 2. The summed E-state index contributed by atoms with van der Waals surface area (Å²) in [5.41, 5.74) is 1.64. The lowest BCUT2D eigenvalue weighted by Crippen LogP contribution is -1.79. The van der Waals surface area contributed by atoms with Crippen LogP contribution in [0.2, 0.25) is 0 Å².